The molecule has 0 saturated carbocycles. The van der Waals surface area contributed by atoms with Gasteiger partial charge in [-0.05, 0) is 24.1 Å². The van der Waals surface area contributed by atoms with Crippen LogP contribution in [0.15, 0.2) is 23.4 Å². The lowest BCUT2D eigenvalue weighted by atomic mass is 10.0. The van der Waals surface area contributed by atoms with Gasteiger partial charge in [0.1, 0.15) is 0 Å². The second-order valence-electron chi connectivity index (χ2n) is 5.05. The summed E-state index contributed by atoms with van der Waals surface area (Å²) in [4.78, 5) is 2.13. The number of nitrogens with two attached hydrogens (primary N) is 1. The lowest BCUT2D eigenvalue weighted by Crippen LogP contribution is -2.39. The fourth-order valence-electron chi connectivity index (χ4n) is 2.24. The van der Waals surface area contributed by atoms with E-state index in [0.29, 0.717) is 18.7 Å². The molecule has 1 heterocycles. The molecule has 1 fully saturated rings. The van der Waals surface area contributed by atoms with Crippen LogP contribution >= 0.6 is 0 Å². The van der Waals surface area contributed by atoms with Crippen LogP contribution in [-0.4, -0.2) is 49.0 Å². The molecular formula is C13H19N3O3S. The molecule has 3 N–H and O–H groups in total. The molecule has 0 aliphatic carbocycles. The third-order valence-corrected chi connectivity index (χ3v) is 5.19. The summed E-state index contributed by atoms with van der Waals surface area (Å²) in [5.41, 5.74) is 8.39. The molecule has 1 saturated heterocycles. The Hall–Kier alpha value is -1.60. The second-order valence-corrected chi connectivity index (χ2v) is 7.36. The highest BCUT2D eigenvalue weighted by Crippen LogP contribution is 2.15. The van der Waals surface area contributed by atoms with E-state index in [1.165, 1.54) is 0 Å². The van der Waals surface area contributed by atoms with Crippen molar-refractivity contribution in [2.24, 2.45) is 10.9 Å². The maximum Gasteiger partial charge on any atom is 0.170 e. The minimum Gasteiger partial charge on any atom is -0.409 e. The number of aryl methyl sites for hydroxylation is 1. The largest absolute Gasteiger partial charge is 0.409 e. The molecule has 0 atom stereocenters. The highest BCUT2D eigenvalue weighted by Gasteiger charge is 2.21. The summed E-state index contributed by atoms with van der Waals surface area (Å²) in [7, 11) is -2.84. The van der Waals surface area contributed by atoms with Crippen molar-refractivity contribution in [3.63, 3.8) is 0 Å². The monoisotopic (exact) mass is 297 g/mol. The SMILES string of the molecule is Cc1cc(/C(N)=N/O)ccc1CN1CCS(=O)(=O)CC1. The standard InChI is InChI=1S/C13H19N3O3S/c1-10-8-11(13(14)15-17)2-3-12(10)9-16-4-6-20(18,19)7-5-16/h2-3,8,17H,4-7,9H2,1H3,(H2,14,15). The fraction of sp³-hybridized carbons (Fsp3) is 0.462. The summed E-state index contributed by atoms with van der Waals surface area (Å²) < 4.78 is 22.8. The van der Waals surface area contributed by atoms with Crippen LogP contribution in [0.25, 0.3) is 0 Å². The molecule has 6 nitrogen and oxygen atoms in total. The van der Waals surface area contributed by atoms with Crippen molar-refractivity contribution in [1.29, 1.82) is 0 Å². The molecule has 0 aromatic heterocycles. The van der Waals surface area contributed by atoms with Gasteiger partial charge in [-0.25, -0.2) is 8.42 Å². The first-order chi connectivity index (χ1) is 9.41. The molecule has 1 aromatic rings. The van der Waals surface area contributed by atoms with E-state index < -0.39 is 9.84 Å². The van der Waals surface area contributed by atoms with Gasteiger partial charge in [-0.15, -0.1) is 0 Å². The lowest BCUT2D eigenvalue weighted by molar-refractivity contribution is 0.287. The smallest absolute Gasteiger partial charge is 0.170 e. The second kappa shape index (κ2) is 5.80. The van der Waals surface area contributed by atoms with Gasteiger partial charge in [0, 0.05) is 25.2 Å². The van der Waals surface area contributed by atoms with E-state index in [0.717, 1.165) is 17.7 Å². The number of hydrogen-bond donors (Lipinski definition) is 2. The Labute approximate surface area is 118 Å². The zero-order valence-corrected chi connectivity index (χ0v) is 12.2. The van der Waals surface area contributed by atoms with E-state index in [2.05, 4.69) is 10.1 Å². The fourth-order valence-corrected chi connectivity index (χ4v) is 3.52. The van der Waals surface area contributed by atoms with Crippen molar-refractivity contribution < 1.29 is 13.6 Å². The minimum atomic E-state index is -2.84. The Morgan fingerprint density at radius 1 is 1.40 bits per heavy atom. The number of oxime groups is 1. The van der Waals surface area contributed by atoms with Crippen LogP contribution in [-0.2, 0) is 16.4 Å². The third kappa shape index (κ3) is 3.49. The van der Waals surface area contributed by atoms with E-state index in [9.17, 15) is 8.42 Å². The Morgan fingerprint density at radius 3 is 2.60 bits per heavy atom. The third-order valence-electron chi connectivity index (χ3n) is 3.58. The molecule has 110 valence electrons. The molecule has 0 radical (unpaired) electrons. The van der Waals surface area contributed by atoms with Crippen LogP contribution in [0.1, 0.15) is 16.7 Å². The van der Waals surface area contributed by atoms with Crippen molar-refractivity contribution in [1.82, 2.24) is 4.90 Å². The highest BCUT2D eigenvalue weighted by atomic mass is 32.2. The number of hydrogen-bond acceptors (Lipinski definition) is 5. The molecule has 1 aliphatic heterocycles. The predicted molar refractivity (Wildman–Crippen MR) is 77.6 cm³/mol. The average molecular weight is 297 g/mol. The van der Waals surface area contributed by atoms with Gasteiger partial charge in [-0.1, -0.05) is 17.3 Å². The van der Waals surface area contributed by atoms with Crippen molar-refractivity contribution in [3.05, 3.63) is 34.9 Å². The first-order valence-electron chi connectivity index (χ1n) is 6.41. The van der Waals surface area contributed by atoms with Gasteiger partial charge in [0.25, 0.3) is 0 Å². The molecule has 0 spiro atoms. The van der Waals surface area contributed by atoms with E-state index >= 15 is 0 Å². The molecule has 20 heavy (non-hydrogen) atoms. The van der Waals surface area contributed by atoms with Crippen LogP contribution in [0.5, 0.6) is 0 Å². The normalized spacial score (nSPS) is 19.9. The Bertz CT molecular complexity index is 612. The van der Waals surface area contributed by atoms with Crippen molar-refractivity contribution >= 4 is 15.7 Å². The maximum absolute atomic E-state index is 11.4. The molecular weight excluding hydrogens is 278 g/mol. The number of rotatable bonds is 3. The molecule has 2 rings (SSSR count). The van der Waals surface area contributed by atoms with E-state index in [1.807, 2.05) is 19.1 Å². The van der Waals surface area contributed by atoms with Crippen LogP contribution in [0.2, 0.25) is 0 Å². The van der Waals surface area contributed by atoms with E-state index in [-0.39, 0.29) is 17.3 Å². The first-order valence-corrected chi connectivity index (χ1v) is 8.23. The number of benzene rings is 1. The molecule has 0 unspecified atom stereocenters. The Balaban J connectivity index is 2.07. The quantitative estimate of drug-likeness (QED) is 0.362. The van der Waals surface area contributed by atoms with Crippen molar-refractivity contribution in [2.75, 3.05) is 24.6 Å². The van der Waals surface area contributed by atoms with Gasteiger partial charge in [0.05, 0.1) is 11.5 Å². The summed E-state index contributed by atoms with van der Waals surface area (Å²) >= 11 is 0. The van der Waals surface area contributed by atoms with Gasteiger partial charge in [0.15, 0.2) is 15.7 Å². The Morgan fingerprint density at radius 2 is 2.05 bits per heavy atom. The van der Waals surface area contributed by atoms with Gasteiger partial charge in [-0.3, -0.25) is 4.90 Å². The van der Waals surface area contributed by atoms with Crippen LogP contribution in [0.4, 0.5) is 0 Å². The zero-order chi connectivity index (χ0) is 14.8. The predicted octanol–water partition coefficient (Wildman–Crippen LogP) is 0.320. The number of amidine groups is 1. The molecule has 1 aromatic carbocycles. The van der Waals surface area contributed by atoms with Gasteiger partial charge in [0.2, 0.25) is 0 Å². The summed E-state index contributed by atoms with van der Waals surface area (Å²) in [5.74, 6) is 0.548. The number of sulfone groups is 1. The molecule has 0 amide bonds. The lowest BCUT2D eigenvalue weighted by Gasteiger charge is -2.27. The Kier molecular flexibility index (Phi) is 4.29. The number of nitrogens with zero attached hydrogens (tertiary/aromatic N) is 2. The highest BCUT2D eigenvalue weighted by molar-refractivity contribution is 7.91. The van der Waals surface area contributed by atoms with Crippen LogP contribution < -0.4 is 5.73 Å². The van der Waals surface area contributed by atoms with E-state index in [4.69, 9.17) is 10.9 Å². The van der Waals surface area contributed by atoms with Crippen LogP contribution in [0.3, 0.4) is 0 Å². The minimum absolute atomic E-state index is 0.0868. The molecule has 7 heteroatoms. The van der Waals surface area contributed by atoms with Gasteiger partial charge < -0.3 is 10.9 Å². The van der Waals surface area contributed by atoms with Crippen molar-refractivity contribution in [2.45, 2.75) is 13.5 Å². The first kappa shape index (κ1) is 14.8. The maximum atomic E-state index is 11.4. The average Bonchev–Trinajstić information content (AvgIpc) is 2.42. The van der Waals surface area contributed by atoms with E-state index in [1.54, 1.807) is 6.07 Å². The van der Waals surface area contributed by atoms with Crippen LogP contribution in [0, 0.1) is 6.92 Å². The zero-order valence-electron chi connectivity index (χ0n) is 11.4. The van der Waals surface area contributed by atoms with Gasteiger partial charge >= 0.3 is 0 Å². The topological polar surface area (TPSA) is 96.0 Å². The summed E-state index contributed by atoms with van der Waals surface area (Å²) in [6, 6.07) is 5.61. The van der Waals surface area contributed by atoms with Crippen molar-refractivity contribution in [3.8, 4) is 0 Å². The summed E-state index contributed by atoms with van der Waals surface area (Å²) in [5, 5.41) is 11.6. The summed E-state index contributed by atoms with van der Waals surface area (Å²) in [6.45, 7) is 3.83. The van der Waals surface area contributed by atoms with Gasteiger partial charge in [-0.2, -0.15) is 0 Å². The summed E-state index contributed by atoms with van der Waals surface area (Å²) in [6.07, 6.45) is 0. The molecule has 0 bridgehead atoms. The molecule has 1 aliphatic rings.